The molecule has 5 nitrogen and oxygen atoms in total. The monoisotopic (exact) mass is 288 g/mol. The number of sulfone groups is 1. The van der Waals surface area contributed by atoms with Crippen LogP contribution >= 0.6 is 0 Å². The highest BCUT2D eigenvalue weighted by Gasteiger charge is 2.36. The number of piperidine rings is 1. The lowest BCUT2D eigenvalue weighted by molar-refractivity contribution is -0.121. The van der Waals surface area contributed by atoms with E-state index in [9.17, 15) is 13.2 Å². The second-order valence-corrected chi connectivity index (χ2v) is 8.43. The Morgan fingerprint density at radius 1 is 1.32 bits per heavy atom. The molecule has 0 saturated carbocycles. The van der Waals surface area contributed by atoms with Crippen LogP contribution in [0.25, 0.3) is 0 Å². The molecule has 2 aliphatic rings. The Bertz CT molecular complexity index is 427. The van der Waals surface area contributed by atoms with Crippen molar-refractivity contribution in [3.8, 4) is 0 Å². The lowest BCUT2D eigenvalue weighted by Gasteiger charge is -2.34. The van der Waals surface area contributed by atoms with Crippen LogP contribution in [0, 0.1) is 5.41 Å². The maximum absolute atomic E-state index is 12.1. The molecule has 2 heterocycles. The topological polar surface area (TPSA) is 75.3 Å². The Hall–Kier alpha value is -0.620. The van der Waals surface area contributed by atoms with Crippen molar-refractivity contribution in [1.82, 2.24) is 10.6 Å². The quantitative estimate of drug-likeness (QED) is 0.791. The second kappa shape index (κ2) is 5.79. The molecule has 2 fully saturated rings. The van der Waals surface area contributed by atoms with Crippen molar-refractivity contribution in [2.75, 3.05) is 25.4 Å². The number of hydrogen-bond donors (Lipinski definition) is 2. The van der Waals surface area contributed by atoms with Gasteiger partial charge in [-0.15, -0.1) is 0 Å². The van der Waals surface area contributed by atoms with E-state index in [0.29, 0.717) is 19.4 Å². The van der Waals surface area contributed by atoms with Crippen molar-refractivity contribution in [3.05, 3.63) is 0 Å². The van der Waals surface area contributed by atoms with Crippen LogP contribution in [0.15, 0.2) is 0 Å². The molecule has 1 amide bonds. The molecule has 1 atom stereocenters. The summed E-state index contributed by atoms with van der Waals surface area (Å²) in [7, 11) is -3.22. The summed E-state index contributed by atoms with van der Waals surface area (Å²) < 4.78 is 23.8. The fraction of sp³-hybridized carbons (Fsp3) is 0.923. The van der Waals surface area contributed by atoms with E-state index in [4.69, 9.17) is 0 Å². The van der Waals surface area contributed by atoms with E-state index in [2.05, 4.69) is 17.6 Å². The van der Waals surface area contributed by atoms with Crippen molar-refractivity contribution in [3.63, 3.8) is 0 Å². The van der Waals surface area contributed by atoms with Crippen LogP contribution in [0.4, 0.5) is 0 Å². The van der Waals surface area contributed by atoms with Gasteiger partial charge in [0.1, 0.15) is 5.25 Å². The van der Waals surface area contributed by atoms with Gasteiger partial charge < -0.3 is 10.6 Å². The third-order valence-corrected chi connectivity index (χ3v) is 6.55. The Kier molecular flexibility index (Phi) is 4.50. The maximum Gasteiger partial charge on any atom is 0.238 e. The molecule has 2 rings (SSSR count). The second-order valence-electron chi connectivity index (χ2n) is 6.13. The van der Waals surface area contributed by atoms with Gasteiger partial charge >= 0.3 is 0 Å². The Balaban J connectivity index is 1.90. The Morgan fingerprint density at radius 2 is 2.00 bits per heavy atom. The first-order chi connectivity index (χ1) is 8.93. The summed E-state index contributed by atoms with van der Waals surface area (Å²) in [4.78, 5) is 12.1. The van der Waals surface area contributed by atoms with Gasteiger partial charge in [0.2, 0.25) is 5.91 Å². The van der Waals surface area contributed by atoms with E-state index in [1.54, 1.807) is 0 Å². The summed E-state index contributed by atoms with van der Waals surface area (Å²) in [5.41, 5.74) is 0.0966. The predicted octanol–water partition coefficient (Wildman–Crippen LogP) is 0.460. The van der Waals surface area contributed by atoms with Gasteiger partial charge in [0, 0.05) is 6.54 Å². The van der Waals surface area contributed by atoms with E-state index >= 15 is 0 Å². The van der Waals surface area contributed by atoms with Gasteiger partial charge in [0.15, 0.2) is 9.84 Å². The average Bonchev–Trinajstić information content (AvgIpc) is 2.36. The van der Waals surface area contributed by atoms with Gasteiger partial charge in [-0.3, -0.25) is 4.79 Å². The molecule has 1 unspecified atom stereocenters. The standard InChI is InChI=1S/C13H24N2O3S/c1-13(5-7-14-8-6-13)10-15-12(16)11-4-2-3-9-19(11,17)18/h11,14H,2-10H2,1H3,(H,15,16). The third kappa shape index (κ3) is 3.69. The van der Waals surface area contributed by atoms with Crippen LogP contribution in [0.3, 0.4) is 0 Å². The first-order valence-electron chi connectivity index (χ1n) is 7.13. The number of rotatable bonds is 3. The van der Waals surface area contributed by atoms with Crippen molar-refractivity contribution in [2.45, 2.75) is 44.3 Å². The number of carbonyl (C=O) groups excluding carboxylic acids is 1. The highest BCUT2D eigenvalue weighted by atomic mass is 32.2. The highest BCUT2D eigenvalue weighted by molar-refractivity contribution is 7.92. The molecule has 0 radical (unpaired) electrons. The number of hydrogen-bond acceptors (Lipinski definition) is 4. The van der Waals surface area contributed by atoms with Crippen molar-refractivity contribution >= 4 is 15.7 Å². The van der Waals surface area contributed by atoms with E-state index in [0.717, 1.165) is 32.4 Å². The van der Waals surface area contributed by atoms with E-state index in [-0.39, 0.29) is 17.1 Å². The van der Waals surface area contributed by atoms with E-state index in [1.807, 2.05) is 0 Å². The van der Waals surface area contributed by atoms with Crippen LogP contribution in [0.5, 0.6) is 0 Å². The first kappa shape index (κ1) is 14.8. The minimum atomic E-state index is -3.22. The van der Waals surface area contributed by atoms with Crippen LogP contribution in [-0.4, -0.2) is 45.0 Å². The van der Waals surface area contributed by atoms with Gasteiger partial charge in [-0.05, 0) is 44.2 Å². The maximum atomic E-state index is 12.1. The smallest absolute Gasteiger partial charge is 0.238 e. The summed E-state index contributed by atoms with van der Waals surface area (Å²) in [6.07, 6.45) is 4.04. The van der Waals surface area contributed by atoms with E-state index in [1.165, 1.54) is 0 Å². The molecule has 2 saturated heterocycles. The predicted molar refractivity (Wildman–Crippen MR) is 74.6 cm³/mol. The van der Waals surface area contributed by atoms with Gasteiger partial charge in [-0.2, -0.15) is 0 Å². The van der Waals surface area contributed by atoms with Crippen LogP contribution in [0.1, 0.15) is 39.0 Å². The number of nitrogens with one attached hydrogen (secondary N) is 2. The minimum absolute atomic E-state index is 0.0966. The zero-order valence-electron chi connectivity index (χ0n) is 11.6. The molecule has 2 N–H and O–H groups in total. The molecular weight excluding hydrogens is 264 g/mol. The lowest BCUT2D eigenvalue weighted by Crippen LogP contribution is -2.48. The minimum Gasteiger partial charge on any atom is -0.354 e. The van der Waals surface area contributed by atoms with Crippen LogP contribution in [0.2, 0.25) is 0 Å². The third-order valence-electron chi connectivity index (χ3n) is 4.37. The molecule has 0 bridgehead atoms. The molecular formula is C13H24N2O3S. The normalized spacial score (nSPS) is 29.6. The molecule has 0 aliphatic carbocycles. The SMILES string of the molecule is CC1(CNC(=O)C2CCCCS2(=O)=O)CCNCC1. The molecule has 0 aromatic heterocycles. The zero-order chi connectivity index (χ0) is 13.9. The summed E-state index contributed by atoms with van der Waals surface area (Å²) in [6.45, 7) is 4.67. The number of amides is 1. The highest BCUT2D eigenvalue weighted by Crippen LogP contribution is 2.27. The molecule has 110 valence electrons. The summed E-state index contributed by atoms with van der Waals surface area (Å²) in [5.74, 6) is -0.133. The summed E-state index contributed by atoms with van der Waals surface area (Å²) in [6, 6.07) is 0. The summed E-state index contributed by atoms with van der Waals surface area (Å²) in [5, 5.41) is 5.35. The summed E-state index contributed by atoms with van der Waals surface area (Å²) >= 11 is 0. The van der Waals surface area contributed by atoms with Crippen LogP contribution in [-0.2, 0) is 14.6 Å². The molecule has 0 spiro atoms. The molecule has 6 heteroatoms. The van der Waals surface area contributed by atoms with Crippen molar-refractivity contribution < 1.29 is 13.2 Å². The number of carbonyl (C=O) groups is 1. The largest absolute Gasteiger partial charge is 0.354 e. The average molecular weight is 288 g/mol. The van der Waals surface area contributed by atoms with E-state index < -0.39 is 15.1 Å². The van der Waals surface area contributed by atoms with Crippen molar-refractivity contribution in [1.29, 1.82) is 0 Å². The van der Waals surface area contributed by atoms with Gasteiger partial charge in [0.05, 0.1) is 5.75 Å². The van der Waals surface area contributed by atoms with Gasteiger partial charge in [0.25, 0.3) is 0 Å². The fourth-order valence-corrected chi connectivity index (χ4v) is 4.70. The Morgan fingerprint density at radius 3 is 2.63 bits per heavy atom. The molecule has 0 aromatic carbocycles. The molecule has 2 aliphatic heterocycles. The molecule has 0 aromatic rings. The van der Waals surface area contributed by atoms with Crippen molar-refractivity contribution in [2.24, 2.45) is 5.41 Å². The Labute approximate surface area is 115 Å². The fourth-order valence-electron chi connectivity index (χ4n) is 2.87. The van der Waals surface area contributed by atoms with Crippen LogP contribution < -0.4 is 10.6 Å². The lowest BCUT2D eigenvalue weighted by atomic mass is 9.81. The first-order valence-corrected chi connectivity index (χ1v) is 8.85. The van der Waals surface area contributed by atoms with Gasteiger partial charge in [-0.25, -0.2) is 8.42 Å². The zero-order valence-corrected chi connectivity index (χ0v) is 12.4. The van der Waals surface area contributed by atoms with Gasteiger partial charge in [-0.1, -0.05) is 13.3 Å². The molecule has 19 heavy (non-hydrogen) atoms.